The number of carbonyl (C=O) groups is 1. The van der Waals surface area contributed by atoms with Gasteiger partial charge in [-0.2, -0.15) is 26.7 Å². The van der Waals surface area contributed by atoms with Crippen LogP contribution in [0.5, 0.6) is 5.75 Å². The molecule has 46 heavy (non-hydrogen) atoms. The maximum Gasteiger partial charge on any atom is 0.418 e. The minimum absolute atomic E-state index is 0.0442. The summed E-state index contributed by atoms with van der Waals surface area (Å²) in [6.45, 7) is 15.6. The number of nitrogens with one attached hydrogen (secondary N) is 1. The minimum atomic E-state index is -4.67. The van der Waals surface area contributed by atoms with Crippen LogP contribution in [0.1, 0.15) is 82.7 Å². The van der Waals surface area contributed by atoms with E-state index >= 15 is 0 Å². The molecule has 1 saturated heterocycles. The number of hydrogen-bond donors (Lipinski definition) is 1. The number of aryl methyl sites for hydroxylation is 3. The second kappa shape index (κ2) is 12.8. The number of halogens is 3. The van der Waals surface area contributed by atoms with Gasteiger partial charge < -0.3 is 14.0 Å². The zero-order chi connectivity index (χ0) is 34.4. The summed E-state index contributed by atoms with van der Waals surface area (Å²) in [5.74, 6) is -0.0688. The molecule has 252 valence electrons. The molecule has 0 bridgehead atoms. The Labute approximate surface area is 268 Å². The van der Waals surface area contributed by atoms with E-state index in [1.165, 1.54) is 21.9 Å². The fourth-order valence-corrected chi connectivity index (χ4v) is 7.22. The van der Waals surface area contributed by atoms with Crippen LogP contribution < -0.4 is 9.57 Å². The average Bonchev–Trinajstić information content (AvgIpc) is 3.32. The van der Waals surface area contributed by atoms with Crippen LogP contribution in [0.2, 0.25) is 0 Å². The summed E-state index contributed by atoms with van der Waals surface area (Å²) < 4.78 is 82.1. The molecule has 2 atom stereocenters. The number of rotatable bonds is 7. The van der Waals surface area contributed by atoms with Crippen molar-refractivity contribution in [2.24, 2.45) is 5.10 Å². The number of carbonyl (C=O) groups excluding carboxylic acids is 1. The maximum absolute atomic E-state index is 14.2. The molecular weight excluding hydrogens is 623 g/mol. The Bertz CT molecular complexity index is 1740. The fraction of sp³-hybridized carbons (Fsp3) is 0.531. The number of piperidine rings is 1. The Morgan fingerprint density at radius 2 is 1.72 bits per heavy atom. The number of alkyl halides is 3. The van der Waals surface area contributed by atoms with E-state index in [-0.39, 0.29) is 47.2 Å². The lowest BCUT2D eigenvalue weighted by Crippen LogP contribution is -2.55. The van der Waals surface area contributed by atoms with Crippen LogP contribution in [-0.2, 0) is 20.9 Å². The number of amides is 1. The number of nitrogens with zero attached hydrogens (tertiary/aromatic N) is 4. The largest absolute Gasteiger partial charge is 0.491 e. The number of hydrogen-bond acceptors (Lipinski definition) is 7. The van der Waals surface area contributed by atoms with E-state index in [0.717, 1.165) is 11.6 Å². The molecule has 0 spiro atoms. The van der Waals surface area contributed by atoms with Gasteiger partial charge in [0.05, 0.1) is 33.9 Å². The van der Waals surface area contributed by atoms with Crippen molar-refractivity contribution in [1.29, 1.82) is 0 Å². The van der Waals surface area contributed by atoms with Crippen LogP contribution in [-0.4, -0.2) is 59.0 Å². The van der Waals surface area contributed by atoms with Crippen molar-refractivity contribution in [3.8, 4) is 5.75 Å². The Kier molecular flexibility index (Phi) is 9.73. The lowest BCUT2D eigenvalue weighted by atomic mass is 9.95. The highest BCUT2D eigenvalue weighted by molar-refractivity contribution is 7.89. The van der Waals surface area contributed by atoms with Gasteiger partial charge in [-0.15, -0.1) is 0 Å². The fourth-order valence-electron chi connectivity index (χ4n) is 5.92. The van der Waals surface area contributed by atoms with E-state index < -0.39 is 45.5 Å². The summed E-state index contributed by atoms with van der Waals surface area (Å²) in [5.41, 5.74) is 0.935. The van der Waals surface area contributed by atoms with Crippen LogP contribution in [0.25, 0.3) is 11.0 Å². The SMILES string of the molecule is Cc1cc(C)c(S(=O)(=O)N/N=C2/C[C@@H](COc3cc(C(F)(F)F)c4c(c3)ncn4C(C)C)N(C(=O)OC(C)(C)C)[C@@H](C)C2)c(C)c1. The second-order valence-corrected chi connectivity index (χ2v) is 14.8. The number of ether oxygens (including phenoxy) is 2. The first-order valence-corrected chi connectivity index (χ1v) is 16.5. The van der Waals surface area contributed by atoms with Gasteiger partial charge >= 0.3 is 12.3 Å². The monoisotopic (exact) mass is 665 g/mol. The quantitative estimate of drug-likeness (QED) is 0.270. The lowest BCUT2D eigenvalue weighted by Gasteiger charge is -2.41. The third-order valence-electron chi connectivity index (χ3n) is 7.62. The maximum atomic E-state index is 14.2. The smallest absolute Gasteiger partial charge is 0.418 e. The zero-order valence-electron chi connectivity index (χ0n) is 27.6. The standard InChI is InChI=1S/C32H42F3N5O5S/c1-18(2)39-17-36-27-15-25(14-26(28(27)39)32(33,34)35)44-16-24-13-23(12-22(6)40(24)30(41)45-31(7,8)9)37-38-46(42,43)29-20(4)10-19(3)11-21(29)5/h10-11,14-15,17-18,22,24,38H,12-13,16H2,1-9H3/b37-23+/t22-,24-/m0/s1. The summed E-state index contributed by atoms with van der Waals surface area (Å²) in [7, 11) is -4.02. The van der Waals surface area contributed by atoms with Crippen LogP contribution in [0, 0.1) is 20.8 Å². The third-order valence-corrected chi connectivity index (χ3v) is 9.13. The summed E-state index contributed by atoms with van der Waals surface area (Å²) in [6.07, 6.45) is -3.60. The van der Waals surface area contributed by atoms with Crippen molar-refractivity contribution in [2.45, 2.75) is 110 Å². The van der Waals surface area contributed by atoms with Crippen molar-refractivity contribution in [1.82, 2.24) is 19.3 Å². The van der Waals surface area contributed by atoms with E-state index in [9.17, 15) is 26.4 Å². The molecule has 1 aliphatic rings. The Morgan fingerprint density at radius 1 is 1.09 bits per heavy atom. The van der Waals surface area contributed by atoms with Gasteiger partial charge in [0, 0.05) is 36.7 Å². The molecule has 2 aromatic carbocycles. The molecule has 1 fully saturated rings. The summed E-state index contributed by atoms with van der Waals surface area (Å²) in [5, 5.41) is 4.25. The first kappa shape index (κ1) is 35.1. The number of likely N-dealkylation sites (tertiary alicyclic amines) is 1. The van der Waals surface area contributed by atoms with Crippen LogP contribution in [0.3, 0.4) is 0 Å². The summed E-state index contributed by atoms with van der Waals surface area (Å²) in [4.78, 5) is 21.5. The zero-order valence-corrected chi connectivity index (χ0v) is 28.4. The number of aromatic nitrogens is 2. The average molecular weight is 666 g/mol. The van der Waals surface area contributed by atoms with Gasteiger partial charge in [-0.25, -0.2) is 14.6 Å². The first-order chi connectivity index (χ1) is 21.2. The van der Waals surface area contributed by atoms with E-state index in [1.807, 2.05) is 6.92 Å². The van der Waals surface area contributed by atoms with Crippen LogP contribution in [0.15, 0.2) is 40.6 Å². The predicted molar refractivity (Wildman–Crippen MR) is 170 cm³/mol. The minimum Gasteiger partial charge on any atom is -0.491 e. The molecule has 0 radical (unpaired) electrons. The Balaban J connectivity index is 1.65. The first-order valence-electron chi connectivity index (χ1n) is 15.0. The highest BCUT2D eigenvalue weighted by Crippen LogP contribution is 2.38. The van der Waals surface area contributed by atoms with Crippen molar-refractivity contribution in [3.05, 3.63) is 52.8 Å². The summed E-state index contributed by atoms with van der Waals surface area (Å²) >= 11 is 0. The molecule has 0 saturated carbocycles. The molecule has 0 unspecified atom stereocenters. The lowest BCUT2D eigenvalue weighted by molar-refractivity contribution is -0.136. The van der Waals surface area contributed by atoms with Crippen molar-refractivity contribution in [3.63, 3.8) is 0 Å². The molecule has 4 rings (SSSR count). The highest BCUT2D eigenvalue weighted by atomic mass is 32.2. The number of fused-ring (bicyclic) bond motifs is 1. The molecule has 10 nitrogen and oxygen atoms in total. The predicted octanol–water partition coefficient (Wildman–Crippen LogP) is 7.06. The molecule has 2 heterocycles. The van der Waals surface area contributed by atoms with Gasteiger partial charge in [-0.05, 0) is 79.5 Å². The number of hydrazone groups is 1. The van der Waals surface area contributed by atoms with Crippen LogP contribution in [0.4, 0.5) is 18.0 Å². The molecule has 3 aromatic rings. The van der Waals surface area contributed by atoms with Crippen molar-refractivity contribution < 1.29 is 35.9 Å². The Morgan fingerprint density at radius 3 is 2.28 bits per heavy atom. The number of sulfonamides is 1. The molecule has 14 heteroatoms. The molecule has 1 aromatic heterocycles. The normalized spacial score (nSPS) is 18.8. The van der Waals surface area contributed by atoms with Gasteiger partial charge in [0.2, 0.25) is 0 Å². The molecular formula is C32H42F3N5O5S. The second-order valence-electron chi connectivity index (χ2n) is 13.2. The molecule has 1 amide bonds. The molecule has 1 N–H and O–H groups in total. The number of imidazole rings is 1. The third kappa shape index (κ3) is 7.76. The van der Waals surface area contributed by atoms with Gasteiger partial charge in [0.25, 0.3) is 10.0 Å². The van der Waals surface area contributed by atoms with Crippen molar-refractivity contribution in [2.75, 3.05) is 6.61 Å². The number of benzene rings is 2. The van der Waals surface area contributed by atoms with E-state index in [0.29, 0.717) is 16.8 Å². The van der Waals surface area contributed by atoms with Gasteiger partial charge in [0.1, 0.15) is 18.0 Å². The van der Waals surface area contributed by atoms with E-state index in [4.69, 9.17) is 9.47 Å². The summed E-state index contributed by atoms with van der Waals surface area (Å²) in [6, 6.07) is 4.45. The van der Waals surface area contributed by atoms with Gasteiger partial charge in [-0.1, -0.05) is 17.7 Å². The Hall–Kier alpha value is -3.81. The van der Waals surface area contributed by atoms with E-state index in [1.54, 1.807) is 67.5 Å². The van der Waals surface area contributed by atoms with E-state index in [2.05, 4.69) is 14.9 Å². The van der Waals surface area contributed by atoms with Crippen molar-refractivity contribution >= 4 is 32.9 Å². The topological polar surface area (TPSA) is 115 Å². The molecule has 1 aliphatic heterocycles. The van der Waals surface area contributed by atoms with Gasteiger partial charge in [0.15, 0.2) is 0 Å². The molecule has 0 aliphatic carbocycles. The van der Waals surface area contributed by atoms with Crippen LogP contribution >= 0.6 is 0 Å². The van der Waals surface area contributed by atoms with Gasteiger partial charge in [-0.3, -0.25) is 4.90 Å². The highest BCUT2D eigenvalue weighted by Gasteiger charge is 2.39.